The Balaban J connectivity index is 1.43. The molecule has 8 nitrogen and oxygen atoms in total. The van der Waals surface area contributed by atoms with Crippen LogP contribution in [0.5, 0.6) is 0 Å². The van der Waals surface area contributed by atoms with Gasteiger partial charge in [0.2, 0.25) is 11.8 Å². The molecular weight excluding hydrogens is 346 g/mol. The van der Waals surface area contributed by atoms with Crippen molar-refractivity contribution in [3.05, 3.63) is 48.5 Å². The zero-order valence-corrected chi connectivity index (χ0v) is 15.1. The number of hydrogen-bond donors (Lipinski definition) is 0. The van der Waals surface area contributed by atoms with Crippen molar-refractivity contribution in [3.63, 3.8) is 0 Å². The molecule has 0 N–H and O–H groups in total. The molecule has 27 heavy (non-hydrogen) atoms. The Hall–Kier alpha value is -2.74. The number of fused-ring (bicyclic) bond motifs is 1. The third kappa shape index (κ3) is 4.00. The van der Waals surface area contributed by atoms with Crippen molar-refractivity contribution in [1.82, 2.24) is 24.6 Å². The standard InChI is InChI=1S/C19H23N5O3/c25-18(6-8-22-13-20-21-14-22)23-11-16-17(12-23)27-9-7-19(26)24(16)10-15-4-2-1-3-5-15/h1-5,13-14,16-17H,6-12H2/t16-,17-/m0/s1. The summed E-state index contributed by atoms with van der Waals surface area (Å²) in [6.07, 6.45) is 3.85. The van der Waals surface area contributed by atoms with Gasteiger partial charge in [-0.05, 0) is 5.56 Å². The van der Waals surface area contributed by atoms with E-state index in [0.717, 1.165) is 5.56 Å². The Morgan fingerprint density at radius 2 is 1.93 bits per heavy atom. The summed E-state index contributed by atoms with van der Waals surface area (Å²) in [7, 11) is 0. The van der Waals surface area contributed by atoms with Gasteiger partial charge in [0.05, 0.1) is 25.2 Å². The van der Waals surface area contributed by atoms with Crippen molar-refractivity contribution in [3.8, 4) is 0 Å². The van der Waals surface area contributed by atoms with Crippen LogP contribution < -0.4 is 0 Å². The molecule has 0 saturated carbocycles. The molecule has 2 fully saturated rings. The lowest BCUT2D eigenvalue weighted by Crippen LogP contribution is -2.45. The first-order valence-corrected chi connectivity index (χ1v) is 9.26. The summed E-state index contributed by atoms with van der Waals surface area (Å²) in [5, 5.41) is 7.50. The number of carbonyl (C=O) groups excluding carboxylic acids is 2. The van der Waals surface area contributed by atoms with E-state index in [-0.39, 0.29) is 24.0 Å². The lowest BCUT2D eigenvalue weighted by atomic mass is 10.1. The fourth-order valence-corrected chi connectivity index (χ4v) is 3.76. The van der Waals surface area contributed by atoms with E-state index in [9.17, 15) is 9.59 Å². The van der Waals surface area contributed by atoms with Crippen LogP contribution in [0.15, 0.2) is 43.0 Å². The SMILES string of the molecule is O=C(CCn1cnnc1)N1C[C@@H]2OCCC(=O)N(Cc3ccccc3)[C@H]2C1. The van der Waals surface area contributed by atoms with Crippen molar-refractivity contribution in [2.45, 2.75) is 38.1 Å². The lowest BCUT2D eigenvalue weighted by Gasteiger charge is -2.29. The van der Waals surface area contributed by atoms with Gasteiger partial charge in [-0.3, -0.25) is 9.59 Å². The van der Waals surface area contributed by atoms with Crippen LogP contribution in [-0.2, 0) is 27.4 Å². The van der Waals surface area contributed by atoms with Gasteiger partial charge in [-0.25, -0.2) is 0 Å². The minimum absolute atomic E-state index is 0.0625. The maximum Gasteiger partial charge on any atom is 0.225 e. The maximum atomic E-state index is 12.6. The molecule has 2 saturated heterocycles. The van der Waals surface area contributed by atoms with Crippen LogP contribution in [0, 0.1) is 0 Å². The van der Waals surface area contributed by atoms with Crippen LogP contribution in [0.2, 0.25) is 0 Å². The molecule has 1 aromatic heterocycles. The van der Waals surface area contributed by atoms with Crippen molar-refractivity contribution in [2.75, 3.05) is 19.7 Å². The molecular formula is C19H23N5O3. The average molecular weight is 369 g/mol. The zero-order valence-electron chi connectivity index (χ0n) is 15.1. The van der Waals surface area contributed by atoms with E-state index in [1.165, 1.54) is 0 Å². The summed E-state index contributed by atoms with van der Waals surface area (Å²) >= 11 is 0. The van der Waals surface area contributed by atoms with Crippen molar-refractivity contribution < 1.29 is 14.3 Å². The molecule has 0 bridgehead atoms. The largest absolute Gasteiger partial charge is 0.374 e. The third-order valence-corrected chi connectivity index (χ3v) is 5.20. The molecule has 2 atom stereocenters. The number of hydrogen-bond acceptors (Lipinski definition) is 5. The van der Waals surface area contributed by atoms with E-state index in [0.29, 0.717) is 45.6 Å². The van der Waals surface area contributed by atoms with Crippen molar-refractivity contribution in [2.24, 2.45) is 0 Å². The van der Waals surface area contributed by atoms with Crippen LogP contribution in [0.3, 0.4) is 0 Å². The highest BCUT2D eigenvalue weighted by atomic mass is 16.5. The molecule has 2 aromatic rings. The van der Waals surface area contributed by atoms with E-state index >= 15 is 0 Å². The first-order chi connectivity index (χ1) is 13.2. The summed E-state index contributed by atoms with van der Waals surface area (Å²) < 4.78 is 7.70. The molecule has 2 amide bonds. The summed E-state index contributed by atoms with van der Waals surface area (Å²) in [5.41, 5.74) is 1.09. The number of benzene rings is 1. The second-order valence-electron chi connectivity index (χ2n) is 6.98. The van der Waals surface area contributed by atoms with Gasteiger partial charge >= 0.3 is 0 Å². The smallest absolute Gasteiger partial charge is 0.225 e. The number of aromatic nitrogens is 3. The molecule has 0 unspecified atom stereocenters. The molecule has 2 aliphatic heterocycles. The zero-order chi connectivity index (χ0) is 18.6. The minimum atomic E-state index is -0.126. The number of nitrogens with zero attached hydrogens (tertiary/aromatic N) is 5. The van der Waals surface area contributed by atoms with Gasteiger partial charge in [-0.2, -0.15) is 0 Å². The van der Waals surface area contributed by atoms with Crippen molar-refractivity contribution in [1.29, 1.82) is 0 Å². The van der Waals surface area contributed by atoms with E-state index in [4.69, 9.17) is 4.74 Å². The number of likely N-dealkylation sites (tertiary alicyclic amines) is 1. The fourth-order valence-electron chi connectivity index (χ4n) is 3.76. The molecule has 8 heteroatoms. The fraction of sp³-hybridized carbons (Fsp3) is 0.474. The molecule has 0 spiro atoms. The molecule has 3 heterocycles. The first-order valence-electron chi connectivity index (χ1n) is 9.26. The normalized spacial score (nSPS) is 22.6. The molecule has 142 valence electrons. The highest BCUT2D eigenvalue weighted by Crippen LogP contribution is 2.25. The van der Waals surface area contributed by atoms with Crippen LogP contribution in [0.1, 0.15) is 18.4 Å². The van der Waals surface area contributed by atoms with Crippen LogP contribution >= 0.6 is 0 Å². The third-order valence-electron chi connectivity index (χ3n) is 5.20. The molecule has 0 aliphatic carbocycles. The predicted octanol–water partition coefficient (Wildman–Crippen LogP) is 0.697. The van der Waals surface area contributed by atoms with E-state index in [1.807, 2.05) is 40.1 Å². The average Bonchev–Trinajstić information content (AvgIpc) is 3.32. The quantitative estimate of drug-likeness (QED) is 0.775. The van der Waals surface area contributed by atoms with Gasteiger partial charge in [0.1, 0.15) is 12.7 Å². The van der Waals surface area contributed by atoms with Gasteiger partial charge < -0.3 is 19.1 Å². The Labute approximate surface area is 157 Å². The molecule has 4 rings (SSSR count). The summed E-state index contributed by atoms with van der Waals surface area (Å²) in [4.78, 5) is 29.0. The highest BCUT2D eigenvalue weighted by Gasteiger charge is 2.42. The van der Waals surface area contributed by atoms with Crippen LogP contribution in [0.25, 0.3) is 0 Å². The van der Waals surface area contributed by atoms with E-state index < -0.39 is 0 Å². The summed E-state index contributed by atoms with van der Waals surface area (Å²) in [6.45, 7) is 2.56. The molecule has 1 aromatic carbocycles. The number of carbonyl (C=O) groups is 2. The Bertz CT molecular complexity index is 780. The minimum Gasteiger partial charge on any atom is -0.374 e. The van der Waals surface area contributed by atoms with Crippen LogP contribution in [-0.4, -0.2) is 68.2 Å². The number of aryl methyl sites for hydroxylation is 1. The molecule has 0 radical (unpaired) electrons. The van der Waals surface area contributed by atoms with Gasteiger partial charge in [-0.1, -0.05) is 30.3 Å². The number of ether oxygens (including phenoxy) is 1. The number of rotatable bonds is 5. The second kappa shape index (κ2) is 7.87. The summed E-state index contributed by atoms with van der Waals surface area (Å²) in [5.74, 6) is 0.151. The topological polar surface area (TPSA) is 80.6 Å². The summed E-state index contributed by atoms with van der Waals surface area (Å²) in [6, 6.07) is 9.85. The number of amides is 2. The van der Waals surface area contributed by atoms with Crippen LogP contribution in [0.4, 0.5) is 0 Å². The predicted molar refractivity (Wildman–Crippen MR) is 96.4 cm³/mol. The van der Waals surface area contributed by atoms with Gasteiger partial charge in [-0.15, -0.1) is 10.2 Å². The Morgan fingerprint density at radius 1 is 1.15 bits per heavy atom. The first kappa shape index (κ1) is 17.7. The van der Waals surface area contributed by atoms with E-state index in [1.54, 1.807) is 17.2 Å². The van der Waals surface area contributed by atoms with Crippen molar-refractivity contribution >= 4 is 11.8 Å². The van der Waals surface area contributed by atoms with Gasteiger partial charge in [0.15, 0.2) is 0 Å². The highest BCUT2D eigenvalue weighted by molar-refractivity contribution is 5.79. The van der Waals surface area contributed by atoms with E-state index in [2.05, 4.69) is 10.2 Å². The van der Waals surface area contributed by atoms with Gasteiger partial charge in [0, 0.05) is 32.6 Å². The second-order valence-corrected chi connectivity index (χ2v) is 6.98. The molecule has 2 aliphatic rings. The maximum absolute atomic E-state index is 12.6. The monoisotopic (exact) mass is 369 g/mol. The Kier molecular flexibility index (Phi) is 5.15. The Morgan fingerprint density at radius 3 is 2.70 bits per heavy atom. The van der Waals surface area contributed by atoms with Gasteiger partial charge in [0.25, 0.3) is 0 Å². The lowest BCUT2D eigenvalue weighted by molar-refractivity contribution is -0.135.